The highest BCUT2D eigenvalue weighted by Gasteiger charge is 2.26. The predicted molar refractivity (Wildman–Crippen MR) is 62.8 cm³/mol. The number of rotatable bonds is 3. The van der Waals surface area contributed by atoms with Crippen molar-refractivity contribution in [2.45, 2.75) is 12.3 Å². The maximum absolute atomic E-state index is 11.1. The Hall–Kier alpha value is -1.55. The lowest BCUT2D eigenvalue weighted by Gasteiger charge is -2.20. The molecule has 1 heterocycles. The van der Waals surface area contributed by atoms with Gasteiger partial charge in [-0.15, -0.1) is 0 Å². The lowest BCUT2D eigenvalue weighted by Crippen LogP contribution is -2.24. The first kappa shape index (κ1) is 11.0. The zero-order valence-corrected chi connectivity index (χ0v) is 9.31. The van der Waals surface area contributed by atoms with Gasteiger partial charge in [0.2, 0.25) is 0 Å². The highest BCUT2D eigenvalue weighted by Crippen LogP contribution is 2.34. The fourth-order valence-corrected chi connectivity index (χ4v) is 2.32. The first-order valence-electron chi connectivity index (χ1n) is 5.41. The van der Waals surface area contributed by atoms with Crippen LogP contribution in [-0.4, -0.2) is 31.2 Å². The highest BCUT2D eigenvalue weighted by molar-refractivity contribution is 5.81. The van der Waals surface area contributed by atoms with Gasteiger partial charge in [0.1, 0.15) is 0 Å². The number of fused-ring (bicyclic) bond motifs is 1. The number of benzene rings is 1. The van der Waals surface area contributed by atoms with E-state index in [0.29, 0.717) is 0 Å². The molecule has 1 unspecified atom stereocenters. The van der Waals surface area contributed by atoms with Gasteiger partial charge in [0, 0.05) is 25.8 Å². The van der Waals surface area contributed by atoms with E-state index in [0.717, 1.165) is 24.2 Å². The van der Waals surface area contributed by atoms with Gasteiger partial charge >= 0.3 is 5.97 Å². The number of carboxylic acids is 1. The van der Waals surface area contributed by atoms with Crippen molar-refractivity contribution in [2.24, 2.45) is 5.73 Å². The summed E-state index contributed by atoms with van der Waals surface area (Å²) >= 11 is 0. The molecule has 0 saturated heterocycles. The fraction of sp³-hybridized carbons (Fsp3) is 0.417. The zero-order chi connectivity index (χ0) is 11.7. The minimum atomic E-state index is -0.851. The number of carboxylic acid groups (broad SMARTS) is 1. The lowest BCUT2D eigenvalue weighted by atomic mass is 9.95. The number of nitrogens with two attached hydrogens (primary N) is 1. The van der Waals surface area contributed by atoms with Gasteiger partial charge in [-0.2, -0.15) is 0 Å². The van der Waals surface area contributed by atoms with Gasteiger partial charge in [-0.1, -0.05) is 18.2 Å². The molecule has 0 amide bonds. The minimum Gasteiger partial charge on any atom is -0.481 e. The van der Waals surface area contributed by atoms with E-state index in [9.17, 15) is 4.79 Å². The molecule has 86 valence electrons. The zero-order valence-electron chi connectivity index (χ0n) is 9.31. The summed E-state index contributed by atoms with van der Waals surface area (Å²) in [7, 11) is 1.99. The Morgan fingerprint density at radius 2 is 2.38 bits per heavy atom. The monoisotopic (exact) mass is 220 g/mol. The molecule has 0 spiro atoms. The standard InChI is InChI=1S/C12H16N2O2/c1-14-6-5-8-3-2-4-9(11(8)14)10(7-13)12(15)16/h2-4,10H,5-7,13H2,1H3,(H,15,16). The summed E-state index contributed by atoms with van der Waals surface area (Å²) < 4.78 is 0. The van der Waals surface area contributed by atoms with Crippen LogP contribution in [0.15, 0.2) is 18.2 Å². The molecule has 1 aromatic rings. The Kier molecular flexibility index (Phi) is 2.83. The van der Waals surface area contributed by atoms with Crippen LogP contribution >= 0.6 is 0 Å². The Morgan fingerprint density at radius 1 is 1.62 bits per heavy atom. The molecule has 1 aromatic carbocycles. The minimum absolute atomic E-state index is 0.139. The Balaban J connectivity index is 2.49. The SMILES string of the molecule is CN1CCc2cccc(C(CN)C(=O)O)c21. The molecule has 0 aromatic heterocycles. The smallest absolute Gasteiger partial charge is 0.312 e. The average molecular weight is 220 g/mol. The van der Waals surface area contributed by atoms with E-state index in [1.165, 1.54) is 5.56 Å². The lowest BCUT2D eigenvalue weighted by molar-refractivity contribution is -0.138. The normalized spacial score (nSPS) is 16.0. The van der Waals surface area contributed by atoms with E-state index < -0.39 is 11.9 Å². The van der Waals surface area contributed by atoms with E-state index in [1.807, 2.05) is 19.2 Å². The van der Waals surface area contributed by atoms with Gasteiger partial charge in [-0.05, 0) is 17.5 Å². The number of hydrogen-bond donors (Lipinski definition) is 2. The van der Waals surface area contributed by atoms with Crippen molar-refractivity contribution in [3.63, 3.8) is 0 Å². The quantitative estimate of drug-likeness (QED) is 0.791. The van der Waals surface area contributed by atoms with Crippen molar-refractivity contribution in [1.82, 2.24) is 0 Å². The van der Waals surface area contributed by atoms with Crippen molar-refractivity contribution >= 4 is 11.7 Å². The van der Waals surface area contributed by atoms with Crippen LogP contribution in [0.3, 0.4) is 0 Å². The van der Waals surface area contributed by atoms with Gasteiger partial charge in [0.05, 0.1) is 5.92 Å². The summed E-state index contributed by atoms with van der Waals surface area (Å²) in [4.78, 5) is 13.2. The molecular formula is C12H16N2O2. The van der Waals surface area contributed by atoms with E-state index in [2.05, 4.69) is 11.0 Å². The number of aliphatic carboxylic acids is 1. The van der Waals surface area contributed by atoms with Crippen LogP contribution in [-0.2, 0) is 11.2 Å². The van der Waals surface area contributed by atoms with E-state index >= 15 is 0 Å². The first-order valence-corrected chi connectivity index (χ1v) is 5.41. The molecule has 4 heteroatoms. The van der Waals surface area contributed by atoms with E-state index in [1.54, 1.807) is 0 Å². The molecule has 2 rings (SSSR count). The average Bonchev–Trinajstić information content (AvgIpc) is 2.62. The van der Waals surface area contributed by atoms with Crippen LogP contribution in [0.2, 0.25) is 0 Å². The number of para-hydroxylation sites is 1. The topological polar surface area (TPSA) is 66.6 Å². The third-order valence-electron chi connectivity index (χ3n) is 3.16. The molecule has 0 aliphatic carbocycles. The van der Waals surface area contributed by atoms with Crippen molar-refractivity contribution in [1.29, 1.82) is 0 Å². The van der Waals surface area contributed by atoms with Crippen molar-refractivity contribution in [3.05, 3.63) is 29.3 Å². The fourth-order valence-electron chi connectivity index (χ4n) is 2.32. The second-order valence-electron chi connectivity index (χ2n) is 4.15. The number of carbonyl (C=O) groups is 1. The molecular weight excluding hydrogens is 204 g/mol. The summed E-state index contributed by atoms with van der Waals surface area (Å²) in [5, 5.41) is 9.15. The maximum atomic E-state index is 11.1. The van der Waals surface area contributed by atoms with Gasteiger partial charge in [-0.3, -0.25) is 4.79 Å². The largest absolute Gasteiger partial charge is 0.481 e. The summed E-state index contributed by atoms with van der Waals surface area (Å²) in [6.07, 6.45) is 0.983. The number of likely N-dealkylation sites (N-methyl/N-ethyl adjacent to an activating group) is 1. The summed E-state index contributed by atoms with van der Waals surface area (Å²) in [5.41, 5.74) is 8.66. The summed E-state index contributed by atoms with van der Waals surface area (Å²) in [5.74, 6) is -1.45. The molecule has 3 N–H and O–H groups in total. The van der Waals surface area contributed by atoms with Crippen LogP contribution in [0.4, 0.5) is 5.69 Å². The van der Waals surface area contributed by atoms with Gasteiger partial charge in [-0.25, -0.2) is 0 Å². The first-order chi connectivity index (χ1) is 7.65. The van der Waals surface area contributed by atoms with Crippen LogP contribution in [0, 0.1) is 0 Å². The van der Waals surface area contributed by atoms with Crippen molar-refractivity contribution in [2.75, 3.05) is 25.0 Å². The summed E-state index contributed by atoms with van der Waals surface area (Å²) in [6.45, 7) is 1.09. The molecule has 16 heavy (non-hydrogen) atoms. The second kappa shape index (κ2) is 4.14. The molecule has 0 radical (unpaired) electrons. The van der Waals surface area contributed by atoms with Gasteiger partial charge in [0.25, 0.3) is 0 Å². The summed E-state index contributed by atoms with van der Waals surface area (Å²) in [6, 6.07) is 5.84. The third-order valence-corrected chi connectivity index (χ3v) is 3.16. The van der Waals surface area contributed by atoms with Crippen molar-refractivity contribution in [3.8, 4) is 0 Å². The molecule has 0 bridgehead atoms. The molecule has 1 atom stereocenters. The Labute approximate surface area is 94.7 Å². The second-order valence-corrected chi connectivity index (χ2v) is 4.15. The maximum Gasteiger partial charge on any atom is 0.312 e. The van der Waals surface area contributed by atoms with Crippen LogP contribution in [0.25, 0.3) is 0 Å². The third kappa shape index (κ3) is 1.65. The number of anilines is 1. The number of nitrogens with zero attached hydrogens (tertiary/aromatic N) is 1. The van der Waals surface area contributed by atoms with Gasteiger partial charge in [0.15, 0.2) is 0 Å². The molecule has 1 aliphatic rings. The molecule has 0 fully saturated rings. The highest BCUT2D eigenvalue weighted by atomic mass is 16.4. The predicted octanol–water partition coefficient (Wildman–Crippen LogP) is 0.806. The number of hydrogen-bond acceptors (Lipinski definition) is 3. The van der Waals surface area contributed by atoms with E-state index in [4.69, 9.17) is 10.8 Å². The van der Waals surface area contributed by atoms with Crippen molar-refractivity contribution < 1.29 is 9.90 Å². The molecule has 0 saturated carbocycles. The molecule has 1 aliphatic heterocycles. The Morgan fingerprint density at radius 3 is 3.00 bits per heavy atom. The van der Waals surface area contributed by atoms with E-state index in [-0.39, 0.29) is 6.54 Å². The van der Waals surface area contributed by atoms with Crippen LogP contribution in [0.1, 0.15) is 17.0 Å². The molecule has 4 nitrogen and oxygen atoms in total. The van der Waals surface area contributed by atoms with Crippen LogP contribution < -0.4 is 10.6 Å². The van der Waals surface area contributed by atoms with Crippen LogP contribution in [0.5, 0.6) is 0 Å². The van der Waals surface area contributed by atoms with Gasteiger partial charge < -0.3 is 15.7 Å². The Bertz CT molecular complexity index is 417.